The molecule has 0 spiro atoms. The molecule has 0 amide bonds. The van der Waals surface area contributed by atoms with E-state index in [0.29, 0.717) is 19.3 Å². The van der Waals surface area contributed by atoms with Crippen LogP contribution < -0.4 is 0 Å². The molecule has 0 aliphatic rings. The smallest absolute Gasteiger partial charge is 0.306 e. The summed E-state index contributed by atoms with van der Waals surface area (Å²) >= 11 is 0. The Balaban J connectivity index is 4.25. The predicted molar refractivity (Wildman–Crippen MR) is 330 cm³/mol. The monoisotopic (exact) mass is 1050 g/mol. The maximum absolute atomic E-state index is 12.9. The first-order valence-electron chi connectivity index (χ1n) is 31.9. The third-order valence-electron chi connectivity index (χ3n) is 13.5. The lowest BCUT2D eigenvalue weighted by molar-refractivity contribution is -0.167. The van der Waals surface area contributed by atoms with E-state index in [0.717, 1.165) is 122 Å². The standard InChI is InChI=1S/C70H118O6/c1-4-7-10-13-16-19-22-24-26-28-30-32-34-35-37-38-40-42-44-46-48-51-54-57-60-63-69(72)75-66-67(65-74-68(71)62-59-56-53-50-21-18-15-12-9-6-3)76-70(73)64-61-58-55-52-49-47-45-43-41-39-36-33-31-29-27-25-23-20-17-14-11-8-5-2/h7-8,10-12,15-17,19-20,24-27,30-33,67H,4-6,9,13-14,18,21-23,28-29,34-66H2,1-3H3/b10-7-,11-8-,15-12-,19-16-,20-17-,26-24-,27-25-,32-30-,33-31-. The van der Waals surface area contributed by atoms with Crippen molar-refractivity contribution in [3.63, 3.8) is 0 Å². The predicted octanol–water partition coefficient (Wildman–Crippen LogP) is 21.8. The van der Waals surface area contributed by atoms with E-state index in [1.54, 1.807) is 0 Å². The van der Waals surface area contributed by atoms with Crippen molar-refractivity contribution in [1.29, 1.82) is 0 Å². The summed E-state index contributed by atoms with van der Waals surface area (Å²) < 4.78 is 16.9. The van der Waals surface area contributed by atoms with Crippen LogP contribution in [0, 0.1) is 0 Å². The van der Waals surface area contributed by atoms with Crippen LogP contribution in [0.4, 0.5) is 0 Å². The Hall–Kier alpha value is -3.93. The SMILES string of the molecule is CC/C=C\C/C=C\C/C=C\C/C=C\CCCCCCCCCCCCCCC(=O)OCC(COC(=O)CCCCCCC/C=C\CCC)OC(=O)CCCCCCCCCCCC/C=C\C/C=C\C/C=C\C/C=C\CC. The molecule has 6 nitrogen and oxygen atoms in total. The van der Waals surface area contributed by atoms with Gasteiger partial charge in [0.1, 0.15) is 13.2 Å². The summed E-state index contributed by atoms with van der Waals surface area (Å²) in [4.78, 5) is 38.2. The van der Waals surface area contributed by atoms with Crippen molar-refractivity contribution >= 4 is 17.9 Å². The zero-order chi connectivity index (χ0) is 55.0. The molecule has 0 fully saturated rings. The fourth-order valence-electron chi connectivity index (χ4n) is 8.78. The Morgan fingerprint density at radius 3 is 0.816 bits per heavy atom. The average Bonchev–Trinajstić information content (AvgIpc) is 3.42. The van der Waals surface area contributed by atoms with E-state index in [1.165, 1.54) is 135 Å². The van der Waals surface area contributed by atoms with Crippen LogP contribution in [0.3, 0.4) is 0 Å². The summed E-state index contributed by atoms with van der Waals surface area (Å²) in [5.74, 6) is -0.894. The second-order valence-electron chi connectivity index (χ2n) is 20.9. The Kier molecular flexibility index (Phi) is 60.3. The van der Waals surface area contributed by atoms with E-state index in [4.69, 9.17) is 14.2 Å². The number of hydrogen-bond acceptors (Lipinski definition) is 6. The van der Waals surface area contributed by atoms with Crippen molar-refractivity contribution in [2.45, 2.75) is 303 Å². The third-order valence-corrected chi connectivity index (χ3v) is 13.5. The Morgan fingerprint density at radius 2 is 0.513 bits per heavy atom. The molecule has 0 saturated carbocycles. The number of carbonyl (C=O) groups is 3. The molecule has 1 atom stereocenters. The molecule has 0 aliphatic carbocycles. The summed E-state index contributed by atoms with van der Waals surface area (Å²) in [6, 6.07) is 0. The maximum atomic E-state index is 12.9. The number of ether oxygens (including phenoxy) is 3. The minimum Gasteiger partial charge on any atom is -0.462 e. The fourth-order valence-corrected chi connectivity index (χ4v) is 8.78. The lowest BCUT2D eigenvalue weighted by atomic mass is 10.0. The molecule has 434 valence electrons. The number of hydrogen-bond donors (Lipinski definition) is 0. The Bertz CT molecular complexity index is 1540. The summed E-state index contributed by atoms with van der Waals surface area (Å²) in [5.41, 5.74) is 0. The van der Waals surface area contributed by atoms with E-state index >= 15 is 0 Å². The molecule has 0 aromatic carbocycles. The molecule has 0 aromatic rings. The summed E-state index contributed by atoms with van der Waals surface area (Å²) in [5, 5.41) is 0. The number of rotatable bonds is 57. The molecule has 0 aliphatic heterocycles. The molecular formula is C70H118O6. The number of esters is 3. The fraction of sp³-hybridized carbons (Fsp3) is 0.700. The zero-order valence-corrected chi connectivity index (χ0v) is 49.7. The van der Waals surface area contributed by atoms with Gasteiger partial charge in [-0.3, -0.25) is 14.4 Å². The van der Waals surface area contributed by atoms with E-state index < -0.39 is 6.10 Å². The van der Waals surface area contributed by atoms with Crippen LogP contribution >= 0.6 is 0 Å². The third kappa shape index (κ3) is 60.9. The molecule has 0 N–H and O–H groups in total. The van der Waals surface area contributed by atoms with Gasteiger partial charge in [0.15, 0.2) is 6.10 Å². The molecule has 0 aromatic heterocycles. The molecule has 1 unspecified atom stereocenters. The van der Waals surface area contributed by atoms with Crippen molar-refractivity contribution in [3.8, 4) is 0 Å². The highest BCUT2D eigenvalue weighted by molar-refractivity contribution is 5.71. The largest absolute Gasteiger partial charge is 0.462 e. The van der Waals surface area contributed by atoms with Crippen LogP contribution in [0.5, 0.6) is 0 Å². The topological polar surface area (TPSA) is 78.9 Å². The van der Waals surface area contributed by atoms with E-state index in [1.807, 2.05) is 0 Å². The molecule has 0 bridgehead atoms. The minimum atomic E-state index is -0.786. The van der Waals surface area contributed by atoms with Gasteiger partial charge in [-0.05, 0) is 116 Å². The summed E-state index contributed by atoms with van der Waals surface area (Å²) in [6.45, 7) is 6.36. The van der Waals surface area contributed by atoms with E-state index in [-0.39, 0.29) is 31.1 Å². The highest BCUT2D eigenvalue weighted by Crippen LogP contribution is 2.16. The van der Waals surface area contributed by atoms with Gasteiger partial charge in [-0.25, -0.2) is 0 Å². The van der Waals surface area contributed by atoms with Gasteiger partial charge in [-0.2, -0.15) is 0 Å². The van der Waals surface area contributed by atoms with Crippen LogP contribution in [-0.4, -0.2) is 37.2 Å². The first-order chi connectivity index (χ1) is 37.5. The van der Waals surface area contributed by atoms with Crippen molar-refractivity contribution in [1.82, 2.24) is 0 Å². The molecule has 6 heteroatoms. The molecule has 0 rings (SSSR count). The van der Waals surface area contributed by atoms with Gasteiger partial charge in [0.25, 0.3) is 0 Å². The number of carbonyl (C=O) groups excluding carboxylic acids is 3. The maximum Gasteiger partial charge on any atom is 0.306 e. The van der Waals surface area contributed by atoms with Gasteiger partial charge in [0.05, 0.1) is 0 Å². The molecule has 0 radical (unpaired) electrons. The van der Waals surface area contributed by atoms with Crippen LogP contribution in [0.15, 0.2) is 109 Å². The Morgan fingerprint density at radius 1 is 0.276 bits per heavy atom. The summed E-state index contributed by atoms with van der Waals surface area (Å²) in [7, 11) is 0. The van der Waals surface area contributed by atoms with Gasteiger partial charge in [-0.1, -0.05) is 271 Å². The molecule has 76 heavy (non-hydrogen) atoms. The second-order valence-corrected chi connectivity index (χ2v) is 20.9. The minimum absolute atomic E-state index is 0.0831. The van der Waals surface area contributed by atoms with Gasteiger partial charge in [-0.15, -0.1) is 0 Å². The zero-order valence-electron chi connectivity index (χ0n) is 49.7. The van der Waals surface area contributed by atoms with Crippen LogP contribution in [-0.2, 0) is 28.6 Å². The Labute approximate surface area is 470 Å². The highest BCUT2D eigenvalue weighted by atomic mass is 16.6. The van der Waals surface area contributed by atoms with Crippen molar-refractivity contribution in [3.05, 3.63) is 109 Å². The van der Waals surface area contributed by atoms with Gasteiger partial charge in [0, 0.05) is 19.3 Å². The lowest BCUT2D eigenvalue weighted by Gasteiger charge is -2.18. The van der Waals surface area contributed by atoms with Gasteiger partial charge in [0.2, 0.25) is 0 Å². The normalized spacial score (nSPS) is 12.8. The lowest BCUT2D eigenvalue weighted by Crippen LogP contribution is -2.30. The molecule has 0 saturated heterocycles. The van der Waals surface area contributed by atoms with Gasteiger partial charge >= 0.3 is 17.9 Å². The quantitative estimate of drug-likeness (QED) is 0.0261. The molecule has 0 heterocycles. The van der Waals surface area contributed by atoms with Crippen LogP contribution in [0.25, 0.3) is 0 Å². The highest BCUT2D eigenvalue weighted by Gasteiger charge is 2.19. The summed E-state index contributed by atoms with van der Waals surface area (Å²) in [6.07, 6.45) is 86.7. The van der Waals surface area contributed by atoms with E-state index in [2.05, 4.69) is 130 Å². The second kappa shape index (κ2) is 63.6. The average molecular weight is 1060 g/mol. The number of unbranched alkanes of at least 4 members (excludes halogenated alkanes) is 28. The van der Waals surface area contributed by atoms with Gasteiger partial charge < -0.3 is 14.2 Å². The van der Waals surface area contributed by atoms with Crippen molar-refractivity contribution in [2.75, 3.05) is 13.2 Å². The first-order valence-corrected chi connectivity index (χ1v) is 31.9. The van der Waals surface area contributed by atoms with Crippen LogP contribution in [0.2, 0.25) is 0 Å². The first kappa shape index (κ1) is 72.1. The van der Waals surface area contributed by atoms with Crippen molar-refractivity contribution < 1.29 is 28.6 Å². The number of allylic oxidation sites excluding steroid dienone is 18. The molecular weight excluding hydrogens is 937 g/mol. The van der Waals surface area contributed by atoms with E-state index in [9.17, 15) is 14.4 Å². The van der Waals surface area contributed by atoms with Crippen molar-refractivity contribution in [2.24, 2.45) is 0 Å². The van der Waals surface area contributed by atoms with Crippen LogP contribution in [0.1, 0.15) is 297 Å².